The van der Waals surface area contributed by atoms with Crippen molar-refractivity contribution in [2.75, 3.05) is 18.2 Å². The minimum absolute atomic E-state index is 0.131. The lowest BCUT2D eigenvalue weighted by Crippen LogP contribution is -2.27. The number of amides is 1. The summed E-state index contributed by atoms with van der Waals surface area (Å²) >= 11 is 5.97. The zero-order valence-corrected chi connectivity index (χ0v) is 12.1. The van der Waals surface area contributed by atoms with Crippen molar-refractivity contribution in [2.24, 2.45) is 0 Å². The van der Waals surface area contributed by atoms with Gasteiger partial charge in [-0.05, 0) is 24.3 Å². The van der Waals surface area contributed by atoms with Crippen LogP contribution in [0.1, 0.15) is 0 Å². The van der Waals surface area contributed by atoms with E-state index >= 15 is 0 Å². The van der Waals surface area contributed by atoms with Gasteiger partial charge in [-0.1, -0.05) is 11.6 Å². The molecule has 2 rings (SSSR count). The van der Waals surface area contributed by atoms with Crippen molar-refractivity contribution in [2.45, 2.75) is 6.54 Å². The number of benzene rings is 1. The van der Waals surface area contributed by atoms with Gasteiger partial charge in [-0.15, -0.1) is 0 Å². The molecule has 0 aliphatic rings. The van der Waals surface area contributed by atoms with Crippen molar-refractivity contribution >= 4 is 28.9 Å². The van der Waals surface area contributed by atoms with E-state index in [0.29, 0.717) is 22.1 Å². The predicted molar refractivity (Wildman–Crippen MR) is 81.7 cm³/mol. The van der Waals surface area contributed by atoms with Gasteiger partial charge in [-0.2, -0.15) is 0 Å². The average molecular weight is 308 g/mol. The lowest BCUT2D eigenvalue weighted by molar-refractivity contribution is -0.116. The van der Waals surface area contributed by atoms with Gasteiger partial charge in [0.1, 0.15) is 12.3 Å². The largest absolute Gasteiger partial charge is 0.495 e. The summed E-state index contributed by atoms with van der Waals surface area (Å²) in [6.45, 7) is -0.131. The quantitative estimate of drug-likeness (QED) is 0.900. The van der Waals surface area contributed by atoms with E-state index in [1.165, 1.54) is 30.0 Å². The number of hydrogen-bond donors (Lipinski definition) is 2. The van der Waals surface area contributed by atoms with Crippen molar-refractivity contribution in [1.82, 2.24) is 4.57 Å². The standard InChI is InChI=1S/C14H14ClN3O3/c1-21-12-4-3-10(6-11(12)15)17-13(19)8-18-7-9(16)2-5-14(18)20/h2-7H,8,16H2,1H3,(H,17,19). The number of ether oxygens (including phenoxy) is 1. The molecule has 0 unspecified atom stereocenters. The van der Waals surface area contributed by atoms with E-state index in [9.17, 15) is 9.59 Å². The van der Waals surface area contributed by atoms with Gasteiger partial charge < -0.3 is 20.4 Å². The van der Waals surface area contributed by atoms with Crippen LogP contribution in [0.2, 0.25) is 5.02 Å². The van der Waals surface area contributed by atoms with E-state index in [4.69, 9.17) is 22.1 Å². The van der Waals surface area contributed by atoms with Crippen LogP contribution in [0.3, 0.4) is 0 Å². The van der Waals surface area contributed by atoms with Crippen molar-refractivity contribution in [3.63, 3.8) is 0 Å². The monoisotopic (exact) mass is 307 g/mol. The number of nitrogens with two attached hydrogens (primary N) is 1. The van der Waals surface area contributed by atoms with E-state index in [1.54, 1.807) is 18.2 Å². The van der Waals surface area contributed by atoms with Crippen LogP contribution in [0.5, 0.6) is 5.75 Å². The molecule has 7 heteroatoms. The molecule has 0 fully saturated rings. The van der Waals surface area contributed by atoms with Crippen molar-refractivity contribution in [1.29, 1.82) is 0 Å². The molecule has 0 atom stereocenters. The van der Waals surface area contributed by atoms with E-state index < -0.39 is 0 Å². The third-order valence-electron chi connectivity index (χ3n) is 2.76. The number of nitrogen functional groups attached to an aromatic ring is 1. The molecule has 0 aliphatic carbocycles. The first-order valence-corrected chi connectivity index (χ1v) is 6.47. The van der Waals surface area contributed by atoms with Gasteiger partial charge >= 0.3 is 0 Å². The van der Waals surface area contributed by atoms with Crippen LogP contribution in [-0.4, -0.2) is 17.6 Å². The fraction of sp³-hybridized carbons (Fsp3) is 0.143. The zero-order valence-electron chi connectivity index (χ0n) is 11.3. The third kappa shape index (κ3) is 3.76. The minimum Gasteiger partial charge on any atom is -0.495 e. The lowest BCUT2D eigenvalue weighted by atomic mass is 10.3. The molecule has 1 amide bonds. The highest BCUT2D eigenvalue weighted by Crippen LogP contribution is 2.27. The van der Waals surface area contributed by atoms with E-state index in [1.807, 2.05) is 0 Å². The summed E-state index contributed by atoms with van der Waals surface area (Å²) in [5.41, 5.74) is 6.21. The van der Waals surface area contributed by atoms with Crippen LogP contribution in [0, 0.1) is 0 Å². The third-order valence-corrected chi connectivity index (χ3v) is 3.05. The van der Waals surface area contributed by atoms with Crippen LogP contribution in [0.15, 0.2) is 41.3 Å². The molecule has 2 aromatic rings. The Bertz CT molecular complexity index is 728. The molecular weight excluding hydrogens is 294 g/mol. The van der Waals surface area contributed by atoms with Crippen LogP contribution in [0.4, 0.5) is 11.4 Å². The second-order valence-electron chi connectivity index (χ2n) is 4.33. The highest BCUT2D eigenvalue weighted by molar-refractivity contribution is 6.32. The molecule has 21 heavy (non-hydrogen) atoms. The normalized spacial score (nSPS) is 10.2. The summed E-state index contributed by atoms with van der Waals surface area (Å²) < 4.78 is 6.26. The Morgan fingerprint density at radius 1 is 1.38 bits per heavy atom. The summed E-state index contributed by atoms with van der Waals surface area (Å²) in [7, 11) is 1.51. The van der Waals surface area contributed by atoms with Crippen molar-refractivity contribution in [3.05, 3.63) is 51.9 Å². The summed E-state index contributed by atoms with van der Waals surface area (Å²) in [6.07, 6.45) is 1.42. The maximum Gasteiger partial charge on any atom is 0.251 e. The summed E-state index contributed by atoms with van der Waals surface area (Å²) in [6, 6.07) is 7.67. The molecular formula is C14H14ClN3O3. The second kappa shape index (κ2) is 6.32. The Labute approximate surface area is 126 Å². The Kier molecular flexibility index (Phi) is 4.49. The molecule has 3 N–H and O–H groups in total. The fourth-order valence-corrected chi connectivity index (χ4v) is 2.03. The molecule has 0 aliphatic heterocycles. The number of pyridine rings is 1. The number of halogens is 1. The van der Waals surface area contributed by atoms with Gasteiger partial charge in [0.2, 0.25) is 5.91 Å². The number of carbonyl (C=O) groups excluding carboxylic acids is 1. The number of nitrogens with one attached hydrogen (secondary N) is 1. The molecule has 1 aromatic carbocycles. The first-order valence-electron chi connectivity index (χ1n) is 6.09. The number of aromatic nitrogens is 1. The Morgan fingerprint density at radius 3 is 2.81 bits per heavy atom. The smallest absolute Gasteiger partial charge is 0.251 e. The van der Waals surface area contributed by atoms with Gasteiger partial charge in [0.05, 0.1) is 12.1 Å². The zero-order chi connectivity index (χ0) is 15.4. The van der Waals surface area contributed by atoms with Gasteiger partial charge in [0.15, 0.2) is 0 Å². The topological polar surface area (TPSA) is 86.3 Å². The molecule has 0 saturated carbocycles. The van der Waals surface area contributed by atoms with Crippen LogP contribution in [-0.2, 0) is 11.3 Å². The molecule has 0 saturated heterocycles. The number of rotatable bonds is 4. The molecule has 110 valence electrons. The minimum atomic E-state index is -0.357. The molecule has 1 heterocycles. The summed E-state index contributed by atoms with van der Waals surface area (Å²) in [5, 5.41) is 3.04. The van der Waals surface area contributed by atoms with Crippen LogP contribution >= 0.6 is 11.6 Å². The highest BCUT2D eigenvalue weighted by atomic mass is 35.5. The Morgan fingerprint density at radius 2 is 2.14 bits per heavy atom. The van der Waals surface area contributed by atoms with Gasteiger partial charge in [-0.3, -0.25) is 9.59 Å². The maximum absolute atomic E-state index is 11.9. The molecule has 6 nitrogen and oxygen atoms in total. The second-order valence-corrected chi connectivity index (χ2v) is 4.73. The summed E-state index contributed by atoms with van der Waals surface area (Å²) in [5.74, 6) is 0.158. The van der Waals surface area contributed by atoms with Crippen molar-refractivity contribution < 1.29 is 9.53 Å². The maximum atomic E-state index is 11.9. The van der Waals surface area contributed by atoms with Gasteiger partial charge in [-0.25, -0.2) is 0 Å². The highest BCUT2D eigenvalue weighted by Gasteiger charge is 2.07. The average Bonchev–Trinajstić information content (AvgIpc) is 2.43. The van der Waals surface area contributed by atoms with Crippen LogP contribution < -0.4 is 21.3 Å². The first-order chi connectivity index (χ1) is 9.99. The Balaban J connectivity index is 2.10. The summed E-state index contributed by atoms with van der Waals surface area (Å²) in [4.78, 5) is 23.5. The van der Waals surface area contributed by atoms with Crippen molar-refractivity contribution in [3.8, 4) is 5.75 Å². The number of methoxy groups -OCH3 is 1. The van der Waals surface area contributed by atoms with E-state index in [-0.39, 0.29) is 18.0 Å². The molecule has 0 radical (unpaired) electrons. The Hall–Kier alpha value is -2.47. The fourth-order valence-electron chi connectivity index (χ4n) is 1.77. The number of anilines is 2. The molecule has 1 aromatic heterocycles. The predicted octanol–water partition coefficient (Wildman–Crippen LogP) is 1.73. The van der Waals surface area contributed by atoms with Gasteiger partial charge in [0.25, 0.3) is 5.56 Å². The van der Waals surface area contributed by atoms with Gasteiger partial charge in [0, 0.05) is 23.6 Å². The van der Waals surface area contributed by atoms with E-state index in [0.717, 1.165) is 0 Å². The lowest BCUT2D eigenvalue weighted by Gasteiger charge is -2.09. The first kappa shape index (κ1) is 14.9. The molecule has 0 spiro atoms. The number of nitrogens with zero attached hydrogens (tertiary/aromatic N) is 1. The van der Waals surface area contributed by atoms with Crippen LogP contribution in [0.25, 0.3) is 0 Å². The van der Waals surface area contributed by atoms with E-state index in [2.05, 4.69) is 5.32 Å². The molecule has 0 bridgehead atoms. The SMILES string of the molecule is COc1ccc(NC(=O)Cn2cc(N)ccc2=O)cc1Cl. The number of hydrogen-bond acceptors (Lipinski definition) is 4. The number of carbonyl (C=O) groups is 1.